The molecule has 1 fully saturated rings. The minimum absolute atomic E-state index is 0.0332. The molecular weight excluding hydrogens is 602 g/mol. The summed E-state index contributed by atoms with van der Waals surface area (Å²) in [6, 6.07) is 22.7. The molecule has 1 heterocycles. The topological polar surface area (TPSA) is 148 Å². The standard InChI is InChI=1S/C20H18O8.C17H21NO/c1-11-3-7-13(8-4-11)19(25)27-15(17(21)22)16(18(23)24)28-20(26)14-9-5-12(2)6-10-14;1-13-9-16(19)10-15-7-8-18(12-17(13)15)11-14-5-3-2-4-6-14/h3-10,15-16H,1-2H3,(H,21,22)(H,23,24);2-6,10,13,17H,7-9,11-12H2,1H3/t15-,16-;13-,17+/m00/s1. The van der Waals surface area contributed by atoms with Crippen LogP contribution in [0.3, 0.4) is 0 Å². The second kappa shape index (κ2) is 16.0. The highest BCUT2D eigenvalue weighted by Gasteiger charge is 2.41. The van der Waals surface area contributed by atoms with Gasteiger partial charge in [0.1, 0.15) is 0 Å². The molecule has 1 saturated heterocycles. The summed E-state index contributed by atoms with van der Waals surface area (Å²) in [4.78, 5) is 61.5. The number of ether oxygens (including phenoxy) is 2. The number of hydrogen-bond acceptors (Lipinski definition) is 8. The first kappa shape index (κ1) is 34.8. The average Bonchev–Trinajstić information content (AvgIpc) is 3.04. The number of rotatable bonds is 9. The van der Waals surface area contributed by atoms with Crippen LogP contribution >= 0.6 is 0 Å². The first-order valence-corrected chi connectivity index (χ1v) is 15.4. The van der Waals surface area contributed by atoms with Crippen molar-refractivity contribution in [2.45, 2.75) is 52.4 Å². The van der Waals surface area contributed by atoms with E-state index in [9.17, 15) is 34.2 Å². The third-order valence-corrected chi connectivity index (χ3v) is 8.26. The Hall–Kier alpha value is -5.09. The van der Waals surface area contributed by atoms with Crippen LogP contribution in [0, 0.1) is 25.7 Å². The Morgan fingerprint density at radius 1 is 0.787 bits per heavy atom. The normalized spacial score (nSPS) is 18.7. The van der Waals surface area contributed by atoms with Crippen LogP contribution in [0.15, 0.2) is 90.5 Å². The fourth-order valence-electron chi connectivity index (χ4n) is 5.62. The molecule has 0 spiro atoms. The van der Waals surface area contributed by atoms with Gasteiger partial charge < -0.3 is 19.7 Å². The zero-order valence-electron chi connectivity index (χ0n) is 26.6. The second-order valence-electron chi connectivity index (χ2n) is 12.0. The molecule has 2 N–H and O–H groups in total. The number of likely N-dealkylation sites (tertiary alicyclic amines) is 1. The molecule has 3 aromatic rings. The van der Waals surface area contributed by atoms with Gasteiger partial charge in [-0.2, -0.15) is 0 Å². The van der Waals surface area contributed by atoms with Gasteiger partial charge in [0.15, 0.2) is 5.78 Å². The van der Waals surface area contributed by atoms with Crippen molar-refractivity contribution in [3.05, 3.63) is 118 Å². The van der Waals surface area contributed by atoms with Crippen LogP contribution in [0.25, 0.3) is 0 Å². The number of carbonyl (C=O) groups excluding carboxylic acids is 3. The summed E-state index contributed by atoms with van der Waals surface area (Å²) in [5, 5.41) is 18.6. The van der Waals surface area contributed by atoms with Crippen molar-refractivity contribution in [3.63, 3.8) is 0 Å². The van der Waals surface area contributed by atoms with Crippen LogP contribution in [0.4, 0.5) is 0 Å². The summed E-state index contributed by atoms with van der Waals surface area (Å²) in [5.41, 5.74) is 4.57. The Morgan fingerprint density at radius 3 is 1.74 bits per heavy atom. The van der Waals surface area contributed by atoms with Crippen molar-refractivity contribution < 1.29 is 43.7 Å². The number of piperidine rings is 1. The molecule has 5 rings (SSSR count). The van der Waals surface area contributed by atoms with E-state index in [0.717, 1.165) is 43.6 Å². The Labute approximate surface area is 273 Å². The lowest BCUT2D eigenvalue weighted by atomic mass is 9.75. The van der Waals surface area contributed by atoms with Crippen molar-refractivity contribution in [2.24, 2.45) is 11.8 Å². The van der Waals surface area contributed by atoms with Gasteiger partial charge in [-0.15, -0.1) is 0 Å². The van der Waals surface area contributed by atoms with Gasteiger partial charge in [-0.25, -0.2) is 19.2 Å². The van der Waals surface area contributed by atoms with Crippen LogP contribution in [0.2, 0.25) is 0 Å². The maximum atomic E-state index is 12.2. The summed E-state index contributed by atoms with van der Waals surface area (Å²) in [6.45, 7) is 9.03. The van der Waals surface area contributed by atoms with Gasteiger partial charge in [-0.1, -0.05) is 78.2 Å². The van der Waals surface area contributed by atoms with E-state index in [2.05, 4.69) is 42.2 Å². The number of allylic oxidation sites excluding steroid dienone is 1. The molecule has 0 unspecified atom stereocenters. The number of carboxylic acid groups (broad SMARTS) is 2. The van der Waals surface area contributed by atoms with Crippen LogP contribution in [-0.4, -0.2) is 70.1 Å². The van der Waals surface area contributed by atoms with Crippen LogP contribution in [-0.2, 0) is 30.4 Å². The molecule has 0 saturated carbocycles. The number of nitrogens with zero attached hydrogens (tertiary/aromatic N) is 1. The minimum Gasteiger partial charge on any atom is -0.478 e. The number of benzene rings is 3. The maximum Gasteiger partial charge on any atom is 0.349 e. The molecule has 0 aromatic heterocycles. The third-order valence-electron chi connectivity index (χ3n) is 8.26. The Kier molecular flexibility index (Phi) is 11.8. The second-order valence-corrected chi connectivity index (χ2v) is 12.0. The number of aryl methyl sites for hydroxylation is 2. The molecule has 47 heavy (non-hydrogen) atoms. The molecule has 10 nitrogen and oxygen atoms in total. The Morgan fingerprint density at radius 2 is 1.28 bits per heavy atom. The first-order chi connectivity index (χ1) is 22.4. The summed E-state index contributed by atoms with van der Waals surface area (Å²) in [5.74, 6) is -4.19. The lowest BCUT2D eigenvalue weighted by molar-refractivity contribution is -0.166. The van der Waals surface area contributed by atoms with Gasteiger partial charge in [0.05, 0.1) is 11.1 Å². The van der Waals surface area contributed by atoms with Gasteiger partial charge >= 0.3 is 23.9 Å². The fourth-order valence-corrected chi connectivity index (χ4v) is 5.62. The van der Waals surface area contributed by atoms with E-state index < -0.39 is 36.1 Å². The first-order valence-electron chi connectivity index (χ1n) is 15.4. The molecule has 1 aliphatic heterocycles. The fraction of sp³-hybridized carbons (Fsp3) is 0.324. The van der Waals surface area contributed by atoms with Gasteiger partial charge in [-0.3, -0.25) is 9.69 Å². The SMILES string of the molecule is C[C@H]1CC(=O)C=C2CCN(Cc3ccccc3)C[C@@H]21.Cc1ccc(C(=O)O[C@H](C(=O)O)[C@H](OC(=O)c2ccc(C)cc2)C(=O)O)cc1. The maximum absolute atomic E-state index is 12.2. The largest absolute Gasteiger partial charge is 0.478 e. The van der Waals surface area contributed by atoms with Crippen molar-refractivity contribution in [3.8, 4) is 0 Å². The van der Waals surface area contributed by atoms with E-state index in [0.29, 0.717) is 17.6 Å². The molecule has 246 valence electrons. The molecule has 2 aliphatic rings. The zero-order valence-corrected chi connectivity index (χ0v) is 26.6. The number of carbonyl (C=O) groups is 5. The number of aliphatic carboxylic acids is 2. The Bertz CT molecular complexity index is 1540. The van der Waals surface area contributed by atoms with Crippen molar-refractivity contribution in [1.29, 1.82) is 0 Å². The smallest absolute Gasteiger partial charge is 0.349 e. The molecule has 10 heteroatoms. The zero-order chi connectivity index (χ0) is 34.1. The van der Waals surface area contributed by atoms with E-state index in [1.807, 2.05) is 6.08 Å². The number of esters is 2. The predicted octanol–water partition coefficient (Wildman–Crippen LogP) is 5.27. The molecule has 0 amide bonds. The highest BCUT2D eigenvalue weighted by molar-refractivity contribution is 5.95. The van der Waals surface area contributed by atoms with Crippen molar-refractivity contribution in [1.82, 2.24) is 4.90 Å². The molecular formula is C37H39NO9. The quantitative estimate of drug-likeness (QED) is 0.296. The van der Waals surface area contributed by atoms with E-state index in [-0.39, 0.29) is 11.1 Å². The third kappa shape index (κ3) is 9.70. The van der Waals surface area contributed by atoms with Gasteiger partial charge in [0.25, 0.3) is 0 Å². The number of ketones is 1. The van der Waals surface area contributed by atoms with E-state index in [4.69, 9.17) is 9.47 Å². The monoisotopic (exact) mass is 641 g/mol. The number of carboxylic acids is 2. The minimum atomic E-state index is -2.22. The van der Waals surface area contributed by atoms with E-state index >= 15 is 0 Å². The Balaban J connectivity index is 0.000000228. The summed E-state index contributed by atoms with van der Waals surface area (Å²) in [7, 11) is 0. The number of fused-ring (bicyclic) bond motifs is 1. The van der Waals surface area contributed by atoms with Crippen molar-refractivity contribution >= 4 is 29.7 Å². The summed E-state index contributed by atoms with van der Waals surface area (Å²) >= 11 is 0. The van der Waals surface area contributed by atoms with Gasteiger partial charge in [0.2, 0.25) is 12.2 Å². The van der Waals surface area contributed by atoms with Crippen LogP contribution < -0.4 is 0 Å². The lowest BCUT2D eigenvalue weighted by Crippen LogP contribution is -2.45. The molecule has 3 aromatic carbocycles. The summed E-state index contributed by atoms with van der Waals surface area (Å²) < 4.78 is 9.64. The lowest BCUT2D eigenvalue weighted by Gasteiger charge is -2.39. The van der Waals surface area contributed by atoms with Crippen LogP contribution in [0.1, 0.15) is 57.2 Å². The average molecular weight is 642 g/mol. The van der Waals surface area contributed by atoms with Crippen molar-refractivity contribution in [2.75, 3.05) is 13.1 Å². The van der Waals surface area contributed by atoms with E-state index in [1.54, 1.807) is 38.1 Å². The molecule has 0 radical (unpaired) electrons. The molecule has 1 aliphatic carbocycles. The number of hydrogen-bond donors (Lipinski definition) is 2. The summed E-state index contributed by atoms with van der Waals surface area (Å²) in [6.07, 6.45) is -0.729. The van der Waals surface area contributed by atoms with Gasteiger partial charge in [0, 0.05) is 26.1 Å². The molecule has 4 atom stereocenters. The predicted molar refractivity (Wildman–Crippen MR) is 173 cm³/mol. The van der Waals surface area contributed by atoms with Crippen LogP contribution in [0.5, 0.6) is 0 Å². The molecule has 0 bridgehead atoms. The van der Waals surface area contributed by atoms with E-state index in [1.165, 1.54) is 35.4 Å². The highest BCUT2D eigenvalue weighted by Crippen LogP contribution is 2.35. The highest BCUT2D eigenvalue weighted by atomic mass is 16.6. The van der Waals surface area contributed by atoms with Gasteiger partial charge in [-0.05, 0) is 68.0 Å².